The van der Waals surface area contributed by atoms with E-state index in [4.69, 9.17) is 14.2 Å². The lowest BCUT2D eigenvalue weighted by atomic mass is 10.0. The third-order valence-electron chi connectivity index (χ3n) is 2.34. The van der Waals surface area contributed by atoms with Gasteiger partial charge in [0, 0.05) is 0 Å². The Labute approximate surface area is 121 Å². The molecule has 0 aromatic carbocycles. The molecule has 0 saturated heterocycles. The minimum Gasteiger partial charge on any atom is -0.464 e. The van der Waals surface area contributed by atoms with E-state index in [0.717, 1.165) is 0 Å². The quantitative estimate of drug-likeness (QED) is 0.520. The summed E-state index contributed by atoms with van der Waals surface area (Å²) in [4.78, 5) is 23.3. The van der Waals surface area contributed by atoms with Gasteiger partial charge in [-0.25, -0.2) is 9.59 Å². The number of amides is 1. The van der Waals surface area contributed by atoms with Gasteiger partial charge in [0.05, 0.1) is 19.3 Å². The number of carbonyl (C=O) groups is 2. The SMILES string of the molecule is CCOC(=O)[C@H](CC(C)C)NC(=O)OCCOC(C)C. The lowest BCUT2D eigenvalue weighted by Crippen LogP contribution is -2.43. The Morgan fingerprint density at radius 2 is 1.70 bits per heavy atom. The van der Waals surface area contributed by atoms with Crippen LogP contribution in [0, 0.1) is 5.92 Å². The number of ether oxygens (including phenoxy) is 3. The van der Waals surface area contributed by atoms with Gasteiger partial charge in [-0.15, -0.1) is 0 Å². The molecule has 6 nitrogen and oxygen atoms in total. The molecule has 0 rings (SSSR count). The summed E-state index contributed by atoms with van der Waals surface area (Å²) in [7, 11) is 0. The van der Waals surface area contributed by atoms with E-state index in [9.17, 15) is 9.59 Å². The molecule has 0 aromatic rings. The highest BCUT2D eigenvalue weighted by Gasteiger charge is 2.23. The largest absolute Gasteiger partial charge is 0.464 e. The van der Waals surface area contributed by atoms with E-state index in [0.29, 0.717) is 13.0 Å². The maximum Gasteiger partial charge on any atom is 0.407 e. The highest BCUT2D eigenvalue weighted by molar-refractivity contribution is 5.81. The summed E-state index contributed by atoms with van der Waals surface area (Å²) in [6.45, 7) is 10.2. The second-order valence-electron chi connectivity index (χ2n) is 5.13. The Balaban J connectivity index is 4.14. The van der Waals surface area contributed by atoms with E-state index in [-0.39, 0.29) is 25.2 Å². The van der Waals surface area contributed by atoms with Gasteiger partial charge in [-0.05, 0) is 33.1 Å². The number of alkyl carbamates (subject to hydrolysis) is 1. The van der Waals surface area contributed by atoms with Crippen molar-refractivity contribution in [1.29, 1.82) is 0 Å². The van der Waals surface area contributed by atoms with Crippen molar-refractivity contribution >= 4 is 12.1 Å². The fourth-order valence-electron chi connectivity index (χ4n) is 1.53. The van der Waals surface area contributed by atoms with Gasteiger partial charge in [-0.1, -0.05) is 13.8 Å². The van der Waals surface area contributed by atoms with Gasteiger partial charge in [0.2, 0.25) is 0 Å². The highest BCUT2D eigenvalue weighted by Crippen LogP contribution is 2.06. The lowest BCUT2D eigenvalue weighted by molar-refractivity contribution is -0.146. The normalized spacial score (nSPS) is 12.3. The summed E-state index contributed by atoms with van der Waals surface area (Å²) < 4.78 is 15.1. The zero-order chi connectivity index (χ0) is 15.5. The summed E-state index contributed by atoms with van der Waals surface area (Å²) >= 11 is 0. The van der Waals surface area contributed by atoms with Gasteiger partial charge < -0.3 is 19.5 Å². The van der Waals surface area contributed by atoms with Gasteiger partial charge in [0.25, 0.3) is 0 Å². The van der Waals surface area contributed by atoms with Gasteiger partial charge in [0.1, 0.15) is 12.6 Å². The van der Waals surface area contributed by atoms with Crippen molar-refractivity contribution in [3.63, 3.8) is 0 Å². The third kappa shape index (κ3) is 9.61. The second-order valence-corrected chi connectivity index (χ2v) is 5.13. The molecule has 0 aliphatic heterocycles. The first-order valence-electron chi connectivity index (χ1n) is 7.08. The molecule has 0 radical (unpaired) electrons. The number of hydrogen-bond donors (Lipinski definition) is 1. The topological polar surface area (TPSA) is 73.9 Å². The van der Waals surface area contributed by atoms with Gasteiger partial charge in [-0.3, -0.25) is 0 Å². The minimum atomic E-state index is -0.673. The fraction of sp³-hybridized carbons (Fsp3) is 0.857. The first-order valence-corrected chi connectivity index (χ1v) is 7.08. The Bertz CT molecular complexity index is 291. The third-order valence-corrected chi connectivity index (χ3v) is 2.34. The lowest BCUT2D eigenvalue weighted by Gasteiger charge is -2.18. The fourth-order valence-corrected chi connectivity index (χ4v) is 1.53. The van der Waals surface area contributed by atoms with Crippen LogP contribution in [0.1, 0.15) is 41.0 Å². The average Bonchev–Trinajstić information content (AvgIpc) is 2.33. The van der Waals surface area contributed by atoms with Crippen molar-refractivity contribution in [3.05, 3.63) is 0 Å². The van der Waals surface area contributed by atoms with Crippen LogP contribution in [-0.2, 0) is 19.0 Å². The maximum atomic E-state index is 11.7. The number of carbonyl (C=O) groups excluding carboxylic acids is 2. The van der Waals surface area contributed by atoms with E-state index >= 15 is 0 Å². The van der Waals surface area contributed by atoms with Crippen LogP contribution in [0.5, 0.6) is 0 Å². The van der Waals surface area contributed by atoms with E-state index in [2.05, 4.69) is 5.32 Å². The van der Waals surface area contributed by atoms with Crippen molar-refractivity contribution in [1.82, 2.24) is 5.32 Å². The van der Waals surface area contributed by atoms with Crippen LogP contribution in [0.15, 0.2) is 0 Å². The molecule has 1 amide bonds. The Morgan fingerprint density at radius 3 is 2.20 bits per heavy atom. The zero-order valence-corrected chi connectivity index (χ0v) is 13.1. The van der Waals surface area contributed by atoms with Gasteiger partial charge in [0.15, 0.2) is 0 Å². The average molecular weight is 289 g/mol. The van der Waals surface area contributed by atoms with Crippen LogP contribution in [0.25, 0.3) is 0 Å². The molecular weight excluding hydrogens is 262 g/mol. The first-order chi connectivity index (χ1) is 9.36. The Morgan fingerprint density at radius 1 is 1.05 bits per heavy atom. The van der Waals surface area contributed by atoms with Crippen molar-refractivity contribution in [2.24, 2.45) is 5.92 Å². The maximum absolute atomic E-state index is 11.7. The van der Waals surface area contributed by atoms with E-state index in [1.165, 1.54) is 0 Å². The smallest absolute Gasteiger partial charge is 0.407 e. The van der Waals surface area contributed by atoms with Crippen LogP contribution >= 0.6 is 0 Å². The van der Waals surface area contributed by atoms with Crippen LogP contribution < -0.4 is 5.32 Å². The van der Waals surface area contributed by atoms with Crippen molar-refractivity contribution < 1.29 is 23.8 Å². The number of rotatable bonds is 9. The van der Waals surface area contributed by atoms with Crippen molar-refractivity contribution in [2.45, 2.75) is 53.2 Å². The molecule has 0 spiro atoms. The van der Waals surface area contributed by atoms with E-state index < -0.39 is 18.1 Å². The molecule has 0 saturated carbocycles. The minimum absolute atomic E-state index is 0.0925. The van der Waals surface area contributed by atoms with Gasteiger partial charge in [-0.2, -0.15) is 0 Å². The Hall–Kier alpha value is -1.30. The number of esters is 1. The molecule has 0 unspecified atom stereocenters. The molecule has 1 N–H and O–H groups in total. The molecule has 118 valence electrons. The van der Waals surface area contributed by atoms with E-state index in [1.54, 1.807) is 6.92 Å². The molecular formula is C14H27NO5. The summed E-state index contributed by atoms with van der Waals surface area (Å²) in [5, 5.41) is 2.53. The molecule has 0 aromatic heterocycles. The molecule has 0 aliphatic rings. The standard InChI is InChI=1S/C14H27NO5/c1-6-18-13(16)12(9-10(2)3)15-14(17)20-8-7-19-11(4)5/h10-12H,6-9H2,1-5H3,(H,15,17)/t12-/m0/s1. The second kappa shape index (κ2) is 10.5. The highest BCUT2D eigenvalue weighted by atomic mass is 16.6. The van der Waals surface area contributed by atoms with Crippen molar-refractivity contribution in [3.8, 4) is 0 Å². The molecule has 0 fully saturated rings. The summed E-state index contributed by atoms with van der Waals surface area (Å²) in [6, 6.07) is -0.673. The predicted octanol–water partition coefficient (Wildman–Crippen LogP) is 2.12. The van der Waals surface area contributed by atoms with Crippen LogP contribution in [0.2, 0.25) is 0 Å². The van der Waals surface area contributed by atoms with Crippen LogP contribution in [0.3, 0.4) is 0 Å². The van der Waals surface area contributed by atoms with Crippen LogP contribution in [0.4, 0.5) is 4.79 Å². The molecule has 0 bridgehead atoms. The first kappa shape index (κ1) is 18.7. The zero-order valence-electron chi connectivity index (χ0n) is 13.1. The predicted molar refractivity (Wildman–Crippen MR) is 75.4 cm³/mol. The number of hydrogen-bond acceptors (Lipinski definition) is 5. The number of nitrogens with one attached hydrogen (secondary N) is 1. The van der Waals surface area contributed by atoms with E-state index in [1.807, 2.05) is 27.7 Å². The molecule has 0 aliphatic carbocycles. The molecule has 6 heteroatoms. The molecule has 20 heavy (non-hydrogen) atoms. The Kier molecular flexibility index (Phi) is 9.80. The van der Waals surface area contributed by atoms with Gasteiger partial charge >= 0.3 is 12.1 Å². The van der Waals surface area contributed by atoms with Crippen molar-refractivity contribution in [2.75, 3.05) is 19.8 Å². The molecule has 1 atom stereocenters. The summed E-state index contributed by atoms with van der Waals surface area (Å²) in [6.07, 6.45) is -0.0258. The summed E-state index contributed by atoms with van der Waals surface area (Å²) in [5.41, 5.74) is 0. The monoisotopic (exact) mass is 289 g/mol. The molecule has 0 heterocycles. The van der Waals surface area contributed by atoms with Crippen LogP contribution in [-0.4, -0.2) is 44.0 Å². The summed E-state index contributed by atoms with van der Waals surface area (Å²) in [5.74, 6) is -0.175.